The Kier molecular flexibility index (Phi) is 6.21. The van der Waals surface area contributed by atoms with E-state index >= 15 is 0 Å². The highest BCUT2D eigenvalue weighted by atomic mass is 32.2. The Hall–Kier alpha value is -1.71. The van der Waals surface area contributed by atoms with E-state index < -0.39 is 0 Å². The van der Waals surface area contributed by atoms with Gasteiger partial charge in [0, 0.05) is 24.5 Å². The summed E-state index contributed by atoms with van der Waals surface area (Å²) in [7, 11) is 0. The van der Waals surface area contributed by atoms with Gasteiger partial charge in [0.1, 0.15) is 5.37 Å². The molecule has 1 aliphatic carbocycles. The summed E-state index contributed by atoms with van der Waals surface area (Å²) in [4.78, 5) is 2.42. The van der Waals surface area contributed by atoms with Crippen LogP contribution in [0.2, 0.25) is 0 Å². The number of rotatable bonds is 7. The van der Waals surface area contributed by atoms with E-state index in [-0.39, 0.29) is 0 Å². The van der Waals surface area contributed by atoms with Gasteiger partial charge in [0.25, 0.3) is 0 Å². The molecule has 2 aliphatic rings. The summed E-state index contributed by atoms with van der Waals surface area (Å²) in [5.74, 6) is 0.933. The van der Waals surface area contributed by atoms with Gasteiger partial charge in [-0.2, -0.15) is 0 Å². The molecule has 1 saturated carbocycles. The van der Waals surface area contributed by atoms with Crippen molar-refractivity contribution in [2.24, 2.45) is 5.92 Å². The molecule has 0 radical (unpaired) electrons. The fourth-order valence-electron chi connectivity index (χ4n) is 4.41. The number of nitrogens with zero attached hydrogens (tertiary/aromatic N) is 1. The van der Waals surface area contributed by atoms with Crippen molar-refractivity contribution in [3.05, 3.63) is 77.3 Å². The third-order valence-electron chi connectivity index (χ3n) is 5.84. The van der Waals surface area contributed by atoms with Gasteiger partial charge >= 0.3 is 0 Å². The lowest BCUT2D eigenvalue weighted by atomic mass is 9.99. The summed E-state index contributed by atoms with van der Waals surface area (Å²) in [6, 6.07) is 20.2. The highest BCUT2D eigenvalue weighted by molar-refractivity contribution is 8.02. The van der Waals surface area contributed by atoms with Crippen LogP contribution in [-0.2, 0) is 6.54 Å². The first-order valence-electron chi connectivity index (χ1n) is 10.3. The molecule has 3 heteroatoms. The molecule has 0 aromatic heterocycles. The lowest BCUT2D eigenvalue weighted by molar-refractivity contribution is 0.404. The van der Waals surface area contributed by atoms with Crippen molar-refractivity contribution in [2.75, 3.05) is 4.90 Å². The van der Waals surface area contributed by atoms with Crippen LogP contribution in [0.1, 0.15) is 55.5 Å². The highest BCUT2D eigenvalue weighted by Gasteiger charge is 2.25. The SMILES string of the molecule is C[C@@H](CC1CCCC1)NCc1ccccc1N1C=CSC1c1ccccc1. The van der Waals surface area contributed by atoms with Crippen molar-refractivity contribution >= 4 is 17.4 Å². The number of benzene rings is 2. The lowest BCUT2D eigenvalue weighted by Gasteiger charge is -2.28. The summed E-state index contributed by atoms with van der Waals surface area (Å²) in [5.41, 5.74) is 4.04. The second-order valence-corrected chi connectivity index (χ2v) is 8.88. The van der Waals surface area contributed by atoms with Crippen molar-refractivity contribution in [2.45, 2.75) is 57.0 Å². The molecule has 27 heavy (non-hydrogen) atoms. The smallest absolute Gasteiger partial charge is 0.109 e. The topological polar surface area (TPSA) is 15.3 Å². The predicted octanol–water partition coefficient (Wildman–Crippen LogP) is 6.47. The molecule has 0 spiro atoms. The second-order valence-electron chi connectivity index (χ2n) is 7.89. The Balaban J connectivity index is 1.45. The van der Waals surface area contributed by atoms with Gasteiger partial charge in [-0.15, -0.1) is 11.8 Å². The van der Waals surface area contributed by atoms with Crippen LogP contribution in [0.15, 0.2) is 66.2 Å². The molecule has 0 saturated heterocycles. The van der Waals surface area contributed by atoms with Gasteiger partial charge < -0.3 is 10.2 Å². The van der Waals surface area contributed by atoms with E-state index in [0.29, 0.717) is 11.4 Å². The van der Waals surface area contributed by atoms with E-state index in [4.69, 9.17) is 0 Å². The predicted molar refractivity (Wildman–Crippen MR) is 118 cm³/mol. The average Bonchev–Trinajstić information content (AvgIpc) is 3.39. The Morgan fingerprint density at radius 3 is 2.59 bits per heavy atom. The first-order chi connectivity index (χ1) is 13.3. The number of nitrogens with one attached hydrogen (secondary N) is 1. The largest absolute Gasteiger partial charge is 0.330 e. The van der Waals surface area contributed by atoms with Crippen LogP contribution in [0.5, 0.6) is 0 Å². The van der Waals surface area contributed by atoms with E-state index in [1.165, 1.54) is 48.9 Å². The minimum Gasteiger partial charge on any atom is -0.330 e. The minimum atomic E-state index is 0.322. The van der Waals surface area contributed by atoms with Crippen molar-refractivity contribution in [1.82, 2.24) is 5.32 Å². The third-order valence-corrected chi connectivity index (χ3v) is 6.87. The van der Waals surface area contributed by atoms with Crippen LogP contribution in [0.25, 0.3) is 0 Å². The third kappa shape index (κ3) is 4.59. The van der Waals surface area contributed by atoms with Crippen LogP contribution >= 0.6 is 11.8 Å². The van der Waals surface area contributed by atoms with E-state index in [1.54, 1.807) is 0 Å². The fraction of sp³-hybridized carbons (Fsp3) is 0.417. The molecule has 2 nitrogen and oxygen atoms in total. The first-order valence-corrected chi connectivity index (χ1v) is 11.2. The molecule has 1 fully saturated rings. The molecule has 1 aliphatic heterocycles. The van der Waals surface area contributed by atoms with Gasteiger partial charge in [-0.25, -0.2) is 0 Å². The minimum absolute atomic E-state index is 0.322. The molecular weight excluding hydrogens is 348 g/mol. The zero-order valence-electron chi connectivity index (χ0n) is 16.2. The summed E-state index contributed by atoms with van der Waals surface area (Å²) in [6.07, 6.45) is 9.26. The summed E-state index contributed by atoms with van der Waals surface area (Å²) in [5, 5.41) is 6.32. The molecule has 1 unspecified atom stereocenters. The summed E-state index contributed by atoms with van der Waals surface area (Å²) in [6.45, 7) is 3.28. The van der Waals surface area contributed by atoms with Crippen LogP contribution in [0.3, 0.4) is 0 Å². The number of para-hydroxylation sites is 1. The van der Waals surface area contributed by atoms with E-state index in [9.17, 15) is 0 Å². The molecule has 0 bridgehead atoms. The maximum absolute atomic E-state index is 3.79. The van der Waals surface area contributed by atoms with Crippen molar-refractivity contribution in [1.29, 1.82) is 0 Å². The molecule has 1 N–H and O–H groups in total. The Morgan fingerprint density at radius 1 is 1.04 bits per heavy atom. The number of hydrogen-bond acceptors (Lipinski definition) is 3. The highest BCUT2D eigenvalue weighted by Crippen LogP contribution is 2.42. The van der Waals surface area contributed by atoms with Crippen LogP contribution < -0.4 is 10.2 Å². The number of hydrogen-bond donors (Lipinski definition) is 1. The Labute approximate surface area is 168 Å². The number of anilines is 1. The van der Waals surface area contributed by atoms with E-state index in [0.717, 1.165) is 12.5 Å². The van der Waals surface area contributed by atoms with Gasteiger partial charge in [-0.05, 0) is 41.9 Å². The standard InChI is InChI=1S/C24H30N2S/c1-19(17-20-9-5-6-10-20)25-18-22-13-7-8-14-23(22)26-15-16-27-24(26)21-11-3-2-4-12-21/h2-4,7-8,11-16,19-20,24-25H,5-6,9-10,17-18H2,1H3/t19-,24?/m0/s1. The van der Waals surface area contributed by atoms with Crippen molar-refractivity contribution in [3.63, 3.8) is 0 Å². The molecule has 0 amide bonds. The molecule has 142 valence electrons. The lowest BCUT2D eigenvalue weighted by Crippen LogP contribution is -2.28. The van der Waals surface area contributed by atoms with Crippen molar-refractivity contribution in [3.8, 4) is 0 Å². The van der Waals surface area contributed by atoms with Gasteiger partial charge in [0.2, 0.25) is 0 Å². The molecule has 4 rings (SSSR count). The average molecular weight is 379 g/mol. The quantitative estimate of drug-likeness (QED) is 0.594. The van der Waals surface area contributed by atoms with Gasteiger partial charge in [-0.3, -0.25) is 0 Å². The molecule has 2 atom stereocenters. The van der Waals surface area contributed by atoms with Crippen molar-refractivity contribution < 1.29 is 0 Å². The van der Waals surface area contributed by atoms with Gasteiger partial charge in [0.15, 0.2) is 0 Å². The van der Waals surface area contributed by atoms with E-state index in [2.05, 4.69) is 83.3 Å². The van der Waals surface area contributed by atoms with Crippen LogP contribution in [0.4, 0.5) is 5.69 Å². The zero-order chi connectivity index (χ0) is 18.5. The molecule has 1 heterocycles. The fourth-order valence-corrected chi connectivity index (χ4v) is 5.39. The summed E-state index contributed by atoms with van der Waals surface area (Å²) < 4.78 is 0. The normalized spacial score (nSPS) is 21.1. The molecule has 2 aromatic rings. The van der Waals surface area contributed by atoms with Gasteiger partial charge in [0.05, 0.1) is 0 Å². The monoisotopic (exact) mass is 378 g/mol. The second kappa shape index (κ2) is 8.99. The Bertz CT molecular complexity index is 752. The first kappa shape index (κ1) is 18.6. The van der Waals surface area contributed by atoms with E-state index in [1.807, 2.05) is 11.8 Å². The van der Waals surface area contributed by atoms with Crippen LogP contribution in [-0.4, -0.2) is 6.04 Å². The Morgan fingerprint density at radius 2 is 1.78 bits per heavy atom. The molecular formula is C24H30N2S. The zero-order valence-corrected chi connectivity index (χ0v) is 17.0. The number of thioether (sulfide) groups is 1. The summed E-state index contributed by atoms with van der Waals surface area (Å²) >= 11 is 1.88. The maximum atomic E-state index is 3.79. The van der Waals surface area contributed by atoms with Crippen LogP contribution in [0, 0.1) is 5.92 Å². The molecule has 2 aromatic carbocycles. The maximum Gasteiger partial charge on any atom is 0.109 e. The van der Waals surface area contributed by atoms with Gasteiger partial charge in [-0.1, -0.05) is 74.2 Å².